The smallest absolute Gasteiger partial charge is 0.232 e. The van der Waals surface area contributed by atoms with Crippen molar-refractivity contribution in [1.82, 2.24) is 4.90 Å². The molecule has 0 bridgehead atoms. The number of thioether (sulfide) groups is 1. The predicted octanol–water partition coefficient (Wildman–Crippen LogP) is 8.69. The number of ether oxygens (including phenoxy) is 1. The molecule has 0 spiro atoms. The van der Waals surface area contributed by atoms with Gasteiger partial charge in [-0.3, -0.25) is 4.79 Å². The minimum absolute atomic E-state index is 0.245. The molecular weight excluding hydrogens is 514 g/mol. The molecule has 0 unspecified atom stereocenters. The highest BCUT2D eigenvalue weighted by Gasteiger charge is 2.13. The third kappa shape index (κ3) is 10.1. The molecule has 40 heavy (non-hydrogen) atoms. The van der Waals surface area contributed by atoms with Gasteiger partial charge in [-0.1, -0.05) is 87.7 Å². The van der Waals surface area contributed by atoms with Crippen molar-refractivity contribution in [3.63, 3.8) is 0 Å². The number of carbonyl (C=O) groups excluding carboxylic acids is 1. The van der Waals surface area contributed by atoms with E-state index in [1.807, 2.05) is 30.1 Å². The van der Waals surface area contributed by atoms with Crippen LogP contribution in [0.1, 0.15) is 75.5 Å². The average molecular weight is 560 g/mol. The standard InChI is InChI=1S/C35H45NO3S/c1-4-6-24-36(3)34(38)27-40-26-13-8-7-12-25-39-32-22-18-30(19-23-32)35(29-16-20-31(37)21-17-29)33(5-2)28-14-10-9-11-15-28/h9-11,14-23,37H,4-8,12-13,24-27H2,1-3H3/b35-33-. The van der Waals surface area contributed by atoms with E-state index in [9.17, 15) is 9.90 Å². The summed E-state index contributed by atoms with van der Waals surface area (Å²) in [6.07, 6.45) is 7.54. The van der Waals surface area contributed by atoms with Crippen molar-refractivity contribution < 1.29 is 14.6 Å². The van der Waals surface area contributed by atoms with Crippen molar-refractivity contribution in [2.24, 2.45) is 0 Å². The van der Waals surface area contributed by atoms with Crippen molar-refractivity contribution >= 4 is 28.8 Å². The van der Waals surface area contributed by atoms with Crippen LogP contribution in [0.15, 0.2) is 78.9 Å². The van der Waals surface area contributed by atoms with Crippen LogP contribution in [0.5, 0.6) is 11.5 Å². The molecule has 0 aliphatic heterocycles. The number of benzene rings is 3. The Hall–Kier alpha value is -3.18. The van der Waals surface area contributed by atoms with Gasteiger partial charge in [0.1, 0.15) is 11.5 Å². The summed E-state index contributed by atoms with van der Waals surface area (Å²) < 4.78 is 6.05. The number of nitrogens with zero attached hydrogens (tertiary/aromatic N) is 1. The van der Waals surface area contributed by atoms with Gasteiger partial charge in [0.05, 0.1) is 12.4 Å². The minimum Gasteiger partial charge on any atom is -0.508 e. The van der Waals surface area contributed by atoms with Gasteiger partial charge in [-0.05, 0) is 83.5 Å². The van der Waals surface area contributed by atoms with E-state index in [4.69, 9.17) is 4.74 Å². The number of hydrogen-bond donors (Lipinski definition) is 1. The first-order chi connectivity index (χ1) is 19.5. The van der Waals surface area contributed by atoms with E-state index in [0.717, 1.165) is 74.1 Å². The number of amides is 1. The molecule has 0 aliphatic rings. The summed E-state index contributed by atoms with van der Waals surface area (Å²) in [5.74, 6) is 3.02. The summed E-state index contributed by atoms with van der Waals surface area (Å²) in [5.41, 5.74) is 5.86. The van der Waals surface area contributed by atoms with Crippen molar-refractivity contribution in [2.45, 2.75) is 58.8 Å². The monoisotopic (exact) mass is 559 g/mol. The Morgan fingerprint density at radius 3 is 2.10 bits per heavy atom. The Morgan fingerprint density at radius 2 is 1.45 bits per heavy atom. The van der Waals surface area contributed by atoms with E-state index in [1.54, 1.807) is 23.9 Å². The van der Waals surface area contributed by atoms with E-state index in [-0.39, 0.29) is 11.7 Å². The van der Waals surface area contributed by atoms with Gasteiger partial charge < -0.3 is 14.7 Å². The molecule has 0 aliphatic carbocycles. The maximum Gasteiger partial charge on any atom is 0.232 e. The lowest BCUT2D eigenvalue weighted by Crippen LogP contribution is -2.29. The summed E-state index contributed by atoms with van der Waals surface area (Å²) >= 11 is 1.75. The molecule has 0 atom stereocenters. The van der Waals surface area contributed by atoms with E-state index in [1.165, 1.54) is 16.7 Å². The number of aromatic hydroxyl groups is 1. The number of allylic oxidation sites excluding steroid dienone is 1. The summed E-state index contributed by atoms with van der Waals surface area (Å²) in [5, 5.41) is 9.85. The van der Waals surface area contributed by atoms with Gasteiger partial charge in [-0.2, -0.15) is 11.8 Å². The highest BCUT2D eigenvalue weighted by Crippen LogP contribution is 2.35. The molecule has 3 rings (SSSR count). The molecular formula is C35H45NO3S. The van der Waals surface area contributed by atoms with E-state index in [2.05, 4.69) is 62.4 Å². The number of hydrogen-bond acceptors (Lipinski definition) is 4. The topological polar surface area (TPSA) is 49.8 Å². The third-order valence-electron chi connectivity index (χ3n) is 7.03. The normalized spacial score (nSPS) is 11.7. The van der Waals surface area contributed by atoms with Gasteiger partial charge >= 0.3 is 0 Å². The Labute approximate surface area is 245 Å². The summed E-state index contributed by atoms with van der Waals surface area (Å²) in [7, 11) is 1.91. The van der Waals surface area contributed by atoms with Crippen LogP contribution in [0.4, 0.5) is 0 Å². The molecule has 0 fully saturated rings. The zero-order chi connectivity index (χ0) is 28.6. The maximum absolute atomic E-state index is 12.1. The highest BCUT2D eigenvalue weighted by atomic mass is 32.2. The van der Waals surface area contributed by atoms with E-state index < -0.39 is 0 Å². The molecule has 1 amide bonds. The third-order valence-corrected chi connectivity index (χ3v) is 8.06. The number of phenolic OH excluding ortho intramolecular Hbond substituents is 1. The highest BCUT2D eigenvalue weighted by molar-refractivity contribution is 7.99. The van der Waals surface area contributed by atoms with Crippen LogP contribution < -0.4 is 4.74 Å². The van der Waals surface area contributed by atoms with Gasteiger partial charge in [0.25, 0.3) is 0 Å². The van der Waals surface area contributed by atoms with Crippen LogP contribution in [0.2, 0.25) is 0 Å². The minimum atomic E-state index is 0.245. The van der Waals surface area contributed by atoms with Gasteiger partial charge in [-0.15, -0.1) is 0 Å². The number of carbonyl (C=O) groups is 1. The number of rotatable bonds is 17. The molecule has 5 heteroatoms. The number of unbranched alkanes of at least 4 members (excludes halogenated alkanes) is 4. The molecule has 0 saturated heterocycles. The fourth-order valence-electron chi connectivity index (χ4n) is 4.67. The Morgan fingerprint density at radius 1 is 0.800 bits per heavy atom. The van der Waals surface area contributed by atoms with Crippen LogP contribution in [0.3, 0.4) is 0 Å². The van der Waals surface area contributed by atoms with Gasteiger partial charge in [0.2, 0.25) is 5.91 Å². The maximum atomic E-state index is 12.1. The molecule has 3 aromatic carbocycles. The zero-order valence-corrected chi connectivity index (χ0v) is 25.2. The largest absolute Gasteiger partial charge is 0.508 e. The second-order valence-corrected chi connectivity index (χ2v) is 11.2. The zero-order valence-electron chi connectivity index (χ0n) is 24.4. The quantitative estimate of drug-likeness (QED) is 0.133. The second kappa shape index (κ2) is 17.5. The lowest BCUT2D eigenvalue weighted by molar-refractivity contribution is -0.127. The van der Waals surface area contributed by atoms with Crippen molar-refractivity contribution in [3.8, 4) is 11.5 Å². The van der Waals surface area contributed by atoms with Crippen molar-refractivity contribution in [2.75, 3.05) is 31.7 Å². The Bertz CT molecular complexity index is 1170. The predicted molar refractivity (Wildman–Crippen MR) is 171 cm³/mol. The first-order valence-electron chi connectivity index (χ1n) is 14.7. The van der Waals surface area contributed by atoms with E-state index >= 15 is 0 Å². The van der Waals surface area contributed by atoms with Crippen LogP contribution >= 0.6 is 11.8 Å². The molecule has 0 aromatic heterocycles. The molecule has 0 saturated carbocycles. The fraction of sp³-hybridized carbons (Fsp3) is 0.400. The first kappa shape index (κ1) is 31.3. The number of phenols is 1. The van der Waals surface area contributed by atoms with Crippen LogP contribution in [-0.2, 0) is 4.79 Å². The fourth-order valence-corrected chi connectivity index (χ4v) is 5.61. The first-order valence-corrected chi connectivity index (χ1v) is 15.8. The summed E-state index contributed by atoms with van der Waals surface area (Å²) in [6.45, 7) is 5.91. The lowest BCUT2D eigenvalue weighted by Gasteiger charge is -2.17. The van der Waals surface area contributed by atoms with Gasteiger partial charge in [0.15, 0.2) is 0 Å². The van der Waals surface area contributed by atoms with Crippen molar-refractivity contribution in [1.29, 1.82) is 0 Å². The second-order valence-electron chi connectivity index (χ2n) is 10.1. The average Bonchev–Trinajstić information content (AvgIpc) is 2.99. The SMILES string of the molecule is CCCCN(C)C(=O)CSCCCCCCOc1ccc(/C(=C(/CC)c2ccccc2)c2ccc(O)cc2)cc1. The van der Waals surface area contributed by atoms with Crippen LogP contribution in [0, 0.1) is 0 Å². The van der Waals surface area contributed by atoms with Gasteiger partial charge in [0, 0.05) is 13.6 Å². The van der Waals surface area contributed by atoms with Crippen LogP contribution in [-0.4, -0.2) is 47.6 Å². The lowest BCUT2D eigenvalue weighted by atomic mass is 9.88. The van der Waals surface area contributed by atoms with Gasteiger partial charge in [-0.25, -0.2) is 0 Å². The summed E-state index contributed by atoms with van der Waals surface area (Å²) in [4.78, 5) is 13.9. The molecule has 4 nitrogen and oxygen atoms in total. The molecule has 0 heterocycles. The Kier molecular flexibility index (Phi) is 13.7. The van der Waals surface area contributed by atoms with Crippen LogP contribution in [0.25, 0.3) is 11.1 Å². The van der Waals surface area contributed by atoms with E-state index in [0.29, 0.717) is 12.4 Å². The van der Waals surface area contributed by atoms with Crippen molar-refractivity contribution in [3.05, 3.63) is 95.6 Å². The summed E-state index contributed by atoms with van der Waals surface area (Å²) in [6, 6.07) is 26.3. The molecule has 1 N–H and O–H groups in total. The molecule has 214 valence electrons. The molecule has 0 radical (unpaired) electrons. The Balaban J connectivity index is 1.48. The molecule has 3 aromatic rings.